The Hall–Kier alpha value is -3.76. The van der Waals surface area contributed by atoms with Gasteiger partial charge in [-0.1, -0.05) is 95.8 Å². The first-order valence-electron chi connectivity index (χ1n) is 14.9. The van der Waals surface area contributed by atoms with Crippen molar-refractivity contribution < 1.29 is 22.7 Å². The molecule has 4 aromatic carbocycles. The lowest BCUT2D eigenvalue weighted by atomic mass is 10.0. The monoisotopic (exact) mass is 715 g/mol. The molecule has 4 aromatic rings. The summed E-state index contributed by atoms with van der Waals surface area (Å²) in [4.78, 5) is 29.8. The normalized spacial score (nSPS) is 11.9. The van der Waals surface area contributed by atoms with E-state index in [-0.39, 0.29) is 45.3 Å². The van der Waals surface area contributed by atoms with Gasteiger partial charge in [-0.05, 0) is 66.9 Å². The van der Waals surface area contributed by atoms with E-state index in [1.54, 1.807) is 36.4 Å². The standard InChI is InChI=1S/C35H36Cl3N3O5S/c1-4-18-39-35(43)32(20-25-8-6-5-7-9-25)40(22-26-12-16-29(37)30(38)19-26)34(42)23-41(31-21-27(36)13-17-33(31)46-3)47(44,45)28-14-10-24(2)11-15-28/h5-17,19,21,32H,4,18,20,22-23H2,1-3H3,(H,39,43). The number of rotatable bonds is 14. The first-order valence-corrected chi connectivity index (χ1v) is 17.5. The zero-order valence-corrected chi connectivity index (χ0v) is 29.3. The lowest BCUT2D eigenvalue weighted by Gasteiger charge is -2.34. The molecule has 0 spiro atoms. The summed E-state index contributed by atoms with van der Waals surface area (Å²) in [7, 11) is -2.95. The van der Waals surface area contributed by atoms with Gasteiger partial charge in [-0.3, -0.25) is 13.9 Å². The van der Waals surface area contributed by atoms with E-state index in [1.807, 2.05) is 44.2 Å². The first kappa shape index (κ1) is 36.1. The van der Waals surface area contributed by atoms with E-state index in [9.17, 15) is 18.0 Å². The molecule has 12 heteroatoms. The van der Waals surface area contributed by atoms with E-state index >= 15 is 0 Å². The van der Waals surface area contributed by atoms with Gasteiger partial charge in [0.05, 0.1) is 27.7 Å². The summed E-state index contributed by atoms with van der Waals surface area (Å²) < 4.78 is 35.1. The van der Waals surface area contributed by atoms with Crippen LogP contribution in [0.15, 0.2) is 95.9 Å². The summed E-state index contributed by atoms with van der Waals surface area (Å²) >= 11 is 18.9. The zero-order valence-electron chi connectivity index (χ0n) is 26.3. The average Bonchev–Trinajstić information content (AvgIpc) is 3.06. The second kappa shape index (κ2) is 16.4. The molecule has 0 radical (unpaired) electrons. The SMILES string of the molecule is CCCNC(=O)C(Cc1ccccc1)N(Cc1ccc(Cl)c(Cl)c1)C(=O)CN(c1cc(Cl)ccc1OC)S(=O)(=O)c1ccc(C)cc1. The van der Waals surface area contributed by atoms with Crippen molar-refractivity contribution in [2.75, 3.05) is 24.5 Å². The van der Waals surface area contributed by atoms with Crippen molar-refractivity contribution in [3.8, 4) is 5.75 Å². The number of nitrogens with one attached hydrogen (secondary N) is 1. The van der Waals surface area contributed by atoms with Crippen molar-refractivity contribution in [3.05, 3.63) is 123 Å². The molecule has 0 aliphatic heterocycles. The van der Waals surface area contributed by atoms with Gasteiger partial charge in [0.1, 0.15) is 18.3 Å². The topological polar surface area (TPSA) is 96.0 Å². The second-order valence-electron chi connectivity index (χ2n) is 10.9. The lowest BCUT2D eigenvalue weighted by molar-refractivity contribution is -0.140. The molecular formula is C35H36Cl3N3O5S. The van der Waals surface area contributed by atoms with E-state index in [2.05, 4.69) is 5.32 Å². The summed E-state index contributed by atoms with van der Waals surface area (Å²) in [6, 6.07) is 24.0. The number of amides is 2. The van der Waals surface area contributed by atoms with Crippen LogP contribution in [0, 0.1) is 6.92 Å². The quantitative estimate of drug-likeness (QED) is 0.148. The van der Waals surface area contributed by atoms with Crippen molar-refractivity contribution in [2.45, 2.75) is 44.2 Å². The third-order valence-electron chi connectivity index (χ3n) is 7.45. The molecule has 0 aliphatic carbocycles. The van der Waals surface area contributed by atoms with Crippen LogP contribution in [-0.2, 0) is 32.6 Å². The fourth-order valence-corrected chi connectivity index (χ4v) is 6.87. The number of ether oxygens (including phenoxy) is 1. The van der Waals surface area contributed by atoms with Gasteiger partial charge in [0, 0.05) is 24.5 Å². The maximum atomic E-state index is 14.6. The van der Waals surface area contributed by atoms with Crippen LogP contribution in [0.1, 0.15) is 30.0 Å². The number of aryl methyl sites for hydroxylation is 1. The smallest absolute Gasteiger partial charge is 0.264 e. The average molecular weight is 717 g/mol. The van der Waals surface area contributed by atoms with Crippen LogP contribution in [0.3, 0.4) is 0 Å². The summed E-state index contributed by atoms with van der Waals surface area (Å²) in [5.74, 6) is -0.825. The van der Waals surface area contributed by atoms with Gasteiger partial charge >= 0.3 is 0 Å². The highest BCUT2D eigenvalue weighted by molar-refractivity contribution is 7.92. The molecule has 2 amide bonds. The number of carbonyl (C=O) groups excluding carboxylic acids is 2. The zero-order chi connectivity index (χ0) is 34.1. The van der Waals surface area contributed by atoms with Crippen LogP contribution in [0.4, 0.5) is 5.69 Å². The van der Waals surface area contributed by atoms with Crippen molar-refractivity contribution in [3.63, 3.8) is 0 Å². The molecule has 1 unspecified atom stereocenters. The van der Waals surface area contributed by atoms with E-state index < -0.39 is 28.5 Å². The fourth-order valence-electron chi connectivity index (χ4n) is 4.96. The minimum Gasteiger partial charge on any atom is -0.495 e. The van der Waals surface area contributed by atoms with Gasteiger partial charge in [0.15, 0.2) is 0 Å². The molecule has 1 N–H and O–H groups in total. The van der Waals surface area contributed by atoms with Crippen LogP contribution in [-0.4, -0.2) is 51.4 Å². The fraction of sp³-hybridized carbons (Fsp3) is 0.257. The summed E-state index contributed by atoms with van der Waals surface area (Å²) in [5, 5.41) is 3.77. The van der Waals surface area contributed by atoms with Crippen molar-refractivity contribution >= 4 is 62.3 Å². The third-order valence-corrected chi connectivity index (χ3v) is 10.2. The summed E-state index contributed by atoms with van der Waals surface area (Å²) in [6.07, 6.45) is 0.857. The van der Waals surface area contributed by atoms with Crippen LogP contribution in [0.5, 0.6) is 5.75 Å². The number of anilines is 1. The lowest BCUT2D eigenvalue weighted by Crippen LogP contribution is -2.53. The van der Waals surface area contributed by atoms with Crippen LogP contribution in [0.25, 0.3) is 0 Å². The molecule has 0 heterocycles. The summed E-state index contributed by atoms with van der Waals surface area (Å²) in [6.45, 7) is 3.44. The van der Waals surface area contributed by atoms with Crippen molar-refractivity contribution in [2.24, 2.45) is 0 Å². The maximum Gasteiger partial charge on any atom is 0.264 e. The second-order valence-corrected chi connectivity index (χ2v) is 14.0. The molecule has 8 nitrogen and oxygen atoms in total. The summed E-state index contributed by atoms with van der Waals surface area (Å²) in [5.41, 5.74) is 2.35. The molecule has 0 saturated carbocycles. The molecule has 0 fully saturated rings. The van der Waals surface area contributed by atoms with E-state index in [0.717, 1.165) is 15.4 Å². The minimum atomic E-state index is -4.34. The molecule has 0 saturated heterocycles. The minimum absolute atomic E-state index is 0.0320. The highest BCUT2D eigenvalue weighted by Crippen LogP contribution is 2.35. The molecule has 4 rings (SSSR count). The maximum absolute atomic E-state index is 14.6. The predicted molar refractivity (Wildman–Crippen MR) is 188 cm³/mol. The number of halogens is 3. The van der Waals surface area contributed by atoms with Gasteiger partial charge < -0.3 is 15.0 Å². The number of nitrogens with zero attached hydrogens (tertiary/aromatic N) is 2. The number of benzene rings is 4. The Balaban J connectivity index is 1.86. The van der Waals surface area contributed by atoms with E-state index in [0.29, 0.717) is 23.6 Å². The number of sulfonamides is 1. The van der Waals surface area contributed by atoms with Crippen LogP contribution >= 0.6 is 34.8 Å². The highest BCUT2D eigenvalue weighted by Gasteiger charge is 2.35. The number of hydrogen-bond acceptors (Lipinski definition) is 5. The van der Waals surface area contributed by atoms with Gasteiger partial charge in [0.2, 0.25) is 11.8 Å². The van der Waals surface area contributed by atoms with Crippen molar-refractivity contribution in [1.82, 2.24) is 10.2 Å². The van der Waals surface area contributed by atoms with Crippen LogP contribution in [0.2, 0.25) is 15.1 Å². The Morgan fingerprint density at radius 3 is 2.21 bits per heavy atom. The Bertz CT molecular complexity index is 1810. The first-order chi connectivity index (χ1) is 22.4. The Morgan fingerprint density at radius 2 is 1.57 bits per heavy atom. The molecule has 1 atom stereocenters. The van der Waals surface area contributed by atoms with E-state index in [1.165, 1.54) is 36.3 Å². The van der Waals surface area contributed by atoms with Gasteiger partial charge in [-0.2, -0.15) is 0 Å². The predicted octanol–water partition coefficient (Wildman–Crippen LogP) is 7.33. The number of carbonyl (C=O) groups is 2. The number of hydrogen-bond donors (Lipinski definition) is 1. The van der Waals surface area contributed by atoms with Gasteiger partial charge in [-0.25, -0.2) is 8.42 Å². The Morgan fingerprint density at radius 1 is 0.872 bits per heavy atom. The van der Waals surface area contributed by atoms with E-state index in [4.69, 9.17) is 39.5 Å². The molecule has 248 valence electrons. The van der Waals surface area contributed by atoms with Crippen LogP contribution < -0.4 is 14.4 Å². The third kappa shape index (κ3) is 9.20. The molecular weight excluding hydrogens is 681 g/mol. The molecule has 47 heavy (non-hydrogen) atoms. The Labute approximate surface area is 291 Å². The highest BCUT2D eigenvalue weighted by atomic mass is 35.5. The largest absolute Gasteiger partial charge is 0.495 e. The van der Waals surface area contributed by atoms with Gasteiger partial charge in [-0.15, -0.1) is 0 Å². The molecule has 0 aliphatic rings. The van der Waals surface area contributed by atoms with Gasteiger partial charge in [0.25, 0.3) is 10.0 Å². The molecule has 0 bridgehead atoms. The van der Waals surface area contributed by atoms with Crippen molar-refractivity contribution in [1.29, 1.82) is 0 Å². The number of methoxy groups -OCH3 is 1. The Kier molecular flexibility index (Phi) is 12.6. The molecule has 0 aromatic heterocycles.